The molecule has 1 unspecified atom stereocenters. The van der Waals surface area contributed by atoms with Crippen LogP contribution in [0.25, 0.3) is 0 Å². The van der Waals surface area contributed by atoms with Gasteiger partial charge in [-0.15, -0.1) is 15.7 Å². The molecule has 0 spiro atoms. The average molecular weight is 480 g/mol. The molecule has 0 bridgehead atoms. The zero-order valence-electron chi connectivity index (χ0n) is 18.1. The van der Waals surface area contributed by atoms with E-state index in [1.54, 1.807) is 13.8 Å². The van der Waals surface area contributed by atoms with Gasteiger partial charge in [-0.1, -0.05) is 0 Å². The number of rotatable bonds is 5. The van der Waals surface area contributed by atoms with Crippen LogP contribution in [0.1, 0.15) is 54.2 Å². The molecular formula is C20H25N5O5S2. The lowest BCUT2D eigenvalue weighted by Gasteiger charge is -2.19. The van der Waals surface area contributed by atoms with E-state index in [4.69, 9.17) is 9.72 Å². The van der Waals surface area contributed by atoms with E-state index in [0.717, 1.165) is 72.4 Å². The molecule has 0 fully saturated rings. The van der Waals surface area contributed by atoms with E-state index < -0.39 is 27.6 Å². The number of hydrogen-bond donors (Lipinski definition) is 3. The fraction of sp³-hybridized carbons (Fsp3) is 0.500. The number of carbonyl (C=O) groups is 2. The number of thiazole rings is 1. The summed E-state index contributed by atoms with van der Waals surface area (Å²) in [5, 5.41) is 12.5. The molecule has 172 valence electrons. The highest BCUT2D eigenvalue weighted by Gasteiger charge is 2.29. The first kappa shape index (κ1) is 22.6. The second kappa shape index (κ2) is 8.41. The Labute approximate surface area is 190 Å². The van der Waals surface area contributed by atoms with Crippen LogP contribution in [0.2, 0.25) is 0 Å². The van der Waals surface area contributed by atoms with Crippen LogP contribution >= 0.6 is 11.3 Å². The van der Waals surface area contributed by atoms with Crippen molar-refractivity contribution >= 4 is 39.1 Å². The molecule has 2 aromatic heterocycles. The van der Waals surface area contributed by atoms with Crippen LogP contribution in [0.4, 0.5) is 15.3 Å². The number of methoxy groups -OCH3 is 1. The molecular weight excluding hydrogens is 454 g/mol. The lowest BCUT2D eigenvalue weighted by molar-refractivity contribution is 0.0190. The van der Waals surface area contributed by atoms with Gasteiger partial charge < -0.3 is 15.2 Å². The van der Waals surface area contributed by atoms with Crippen LogP contribution < -0.4 is 10.0 Å². The van der Waals surface area contributed by atoms with Gasteiger partial charge in [0, 0.05) is 18.5 Å². The van der Waals surface area contributed by atoms with E-state index in [-0.39, 0.29) is 4.21 Å². The molecule has 2 aromatic rings. The van der Waals surface area contributed by atoms with Crippen molar-refractivity contribution in [1.82, 2.24) is 14.7 Å². The summed E-state index contributed by atoms with van der Waals surface area (Å²) in [5.74, 6) is 0. The second-order valence-electron chi connectivity index (χ2n) is 8.20. The molecule has 2 heterocycles. The molecule has 3 N–H and O–H groups in total. The summed E-state index contributed by atoms with van der Waals surface area (Å²) >= 11 is 0.981. The summed E-state index contributed by atoms with van der Waals surface area (Å²) in [6.45, 7) is 3.55. The Hall–Kier alpha value is -2.57. The molecule has 0 saturated carbocycles. The normalized spacial score (nSPS) is 16.7. The number of carboxylic acid groups (broad SMARTS) is 1. The third-order valence-electron chi connectivity index (χ3n) is 5.70. The van der Waals surface area contributed by atoms with E-state index in [9.17, 15) is 18.9 Å². The van der Waals surface area contributed by atoms with Crippen molar-refractivity contribution in [3.05, 3.63) is 33.7 Å². The Morgan fingerprint density at radius 2 is 1.81 bits per heavy atom. The van der Waals surface area contributed by atoms with Gasteiger partial charge in [0.05, 0.1) is 11.9 Å². The van der Waals surface area contributed by atoms with Crippen molar-refractivity contribution in [3.8, 4) is 0 Å². The van der Waals surface area contributed by atoms with Crippen LogP contribution in [0, 0.1) is 0 Å². The summed E-state index contributed by atoms with van der Waals surface area (Å²) in [6, 6.07) is -0.876. The Morgan fingerprint density at radius 3 is 2.38 bits per heavy atom. The number of aromatic nitrogens is 2. The first-order valence-electron chi connectivity index (χ1n) is 10.3. The van der Waals surface area contributed by atoms with Crippen LogP contribution in [-0.4, -0.2) is 38.5 Å². The number of amides is 3. The first-order valence-corrected chi connectivity index (χ1v) is 12.6. The molecule has 0 saturated heterocycles. The fourth-order valence-electron chi connectivity index (χ4n) is 3.97. The highest BCUT2D eigenvalue weighted by Crippen LogP contribution is 2.37. The number of fused-ring (bicyclic) bond motifs is 2. The number of anilines is 1. The minimum Gasteiger partial charge on any atom is -0.464 e. The summed E-state index contributed by atoms with van der Waals surface area (Å²) < 4.78 is 24.6. The molecule has 10 nitrogen and oxygen atoms in total. The van der Waals surface area contributed by atoms with Gasteiger partial charge >= 0.3 is 12.1 Å². The third kappa shape index (κ3) is 4.21. The maximum Gasteiger partial charge on any atom is 0.417 e. The number of urea groups is 1. The third-order valence-corrected chi connectivity index (χ3v) is 9.25. The van der Waals surface area contributed by atoms with Crippen molar-refractivity contribution in [3.63, 3.8) is 0 Å². The SMILES string of the molecule is COC(C)(C)c1ncc(S(=O)(=NC(=O)Nc2c3c(nc4c2CCC4)CCC3)NC(=O)O)s1. The van der Waals surface area contributed by atoms with Crippen LogP contribution in [-0.2, 0) is 45.9 Å². The molecule has 32 heavy (non-hydrogen) atoms. The summed E-state index contributed by atoms with van der Waals surface area (Å²) in [6.07, 6.45) is 4.95. The number of nitrogens with one attached hydrogen (secondary N) is 2. The number of pyridine rings is 1. The largest absolute Gasteiger partial charge is 0.464 e. The second-order valence-corrected chi connectivity index (χ2v) is 11.4. The lowest BCUT2D eigenvalue weighted by Crippen LogP contribution is -2.30. The van der Waals surface area contributed by atoms with Gasteiger partial charge in [-0.25, -0.2) is 23.5 Å². The van der Waals surface area contributed by atoms with Gasteiger partial charge in [-0.3, -0.25) is 4.98 Å². The van der Waals surface area contributed by atoms with E-state index in [1.165, 1.54) is 13.3 Å². The monoisotopic (exact) mass is 479 g/mol. The number of ether oxygens (including phenoxy) is 1. The maximum absolute atomic E-state index is 13.5. The number of nitrogens with zero attached hydrogens (tertiary/aromatic N) is 3. The van der Waals surface area contributed by atoms with Crippen LogP contribution in [0.15, 0.2) is 14.8 Å². The molecule has 12 heteroatoms. The van der Waals surface area contributed by atoms with Crippen molar-refractivity contribution in [2.45, 2.75) is 62.2 Å². The molecule has 3 amide bonds. The molecule has 0 aromatic carbocycles. The van der Waals surface area contributed by atoms with E-state index in [1.807, 2.05) is 4.72 Å². The quantitative estimate of drug-likeness (QED) is 0.594. The van der Waals surface area contributed by atoms with Crippen molar-refractivity contribution in [2.75, 3.05) is 12.4 Å². The molecule has 0 radical (unpaired) electrons. The van der Waals surface area contributed by atoms with Gasteiger partial charge in [0.25, 0.3) is 0 Å². The molecule has 0 aliphatic heterocycles. The van der Waals surface area contributed by atoms with Crippen molar-refractivity contribution < 1.29 is 23.6 Å². The van der Waals surface area contributed by atoms with E-state index >= 15 is 0 Å². The predicted molar refractivity (Wildman–Crippen MR) is 119 cm³/mol. The summed E-state index contributed by atoms with van der Waals surface area (Å²) in [5.41, 5.74) is 3.88. The van der Waals surface area contributed by atoms with E-state index in [2.05, 4.69) is 14.7 Å². The smallest absolute Gasteiger partial charge is 0.417 e. The topological polar surface area (TPSA) is 143 Å². The molecule has 4 rings (SSSR count). The standard InChI is InChI=1S/C20H25N5O5S2/c1-20(2,30-3)17-21-10-15(31-17)32(29,25-19(27)28)24-18(26)23-16-11-6-4-8-13(11)22-14-9-5-7-12(14)16/h10H,4-9H2,1-3H3,(H,27,28)(H2,22,23,24,25,26,29). The number of hydrogen-bond acceptors (Lipinski definition) is 7. The Kier molecular flexibility index (Phi) is 5.94. The highest BCUT2D eigenvalue weighted by molar-refractivity contribution is 7.94. The van der Waals surface area contributed by atoms with Crippen LogP contribution in [0.3, 0.4) is 0 Å². The molecule has 2 aliphatic rings. The zero-order chi connectivity index (χ0) is 23.1. The van der Waals surface area contributed by atoms with Crippen molar-refractivity contribution in [1.29, 1.82) is 0 Å². The minimum atomic E-state index is -3.81. The number of carbonyl (C=O) groups excluding carboxylic acids is 1. The van der Waals surface area contributed by atoms with Gasteiger partial charge in [0.1, 0.15) is 14.8 Å². The highest BCUT2D eigenvalue weighted by atomic mass is 32.2. The van der Waals surface area contributed by atoms with Gasteiger partial charge in [-0.05, 0) is 63.5 Å². The average Bonchev–Trinajstić information content (AvgIpc) is 3.47. The van der Waals surface area contributed by atoms with Gasteiger partial charge in [0.2, 0.25) is 0 Å². The molecule has 2 aliphatic carbocycles. The minimum absolute atomic E-state index is 0.0281. The van der Waals surface area contributed by atoms with Crippen molar-refractivity contribution in [2.24, 2.45) is 4.36 Å². The van der Waals surface area contributed by atoms with E-state index in [0.29, 0.717) is 10.7 Å². The fourth-order valence-corrected chi connectivity index (χ4v) is 6.58. The Balaban J connectivity index is 1.71. The first-order chi connectivity index (χ1) is 15.1. The summed E-state index contributed by atoms with van der Waals surface area (Å²) in [7, 11) is -2.30. The predicted octanol–water partition coefficient (Wildman–Crippen LogP) is 3.64. The lowest BCUT2D eigenvalue weighted by atomic mass is 10.1. The Morgan fingerprint density at radius 1 is 1.19 bits per heavy atom. The Bertz CT molecular complexity index is 1180. The van der Waals surface area contributed by atoms with Crippen LogP contribution in [0.5, 0.6) is 0 Å². The number of aryl methyl sites for hydroxylation is 2. The maximum atomic E-state index is 13.5. The zero-order valence-corrected chi connectivity index (χ0v) is 19.7. The van der Waals surface area contributed by atoms with Gasteiger partial charge in [-0.2, -0.15) is 0 Å². The van der Waals surface area contributed by atoms with Gasteiger partial charge in [0.15, 0.2) is 9.92 Å². The summed E-state index contributed by atoms with van der Waals surface area (Å²) in [4.78, 5) is 33.2. The molecule has 1 atom stereocenters.